The normalized spacial score (nSPS) is 20.2. The number of fused-ring (bicyclic) bond motifs is 2. The van der Waals surface area contributed by atoms with Gasteiger partial charge in [0.25, 0.3) is 5.56 Å². The lowest BCUT2D eigenvalue weighted by Gasteiger charge is -2.14. The van der Waals surface area contributed by atoms with Crippen molar-refractivity contribution in [2.45, 2.75) is 25.9 Å². The molecule has 3 aromatic rings. The zero-order valence-corrected chi connectivity index (χ0v) is 17.7. The second-order valence-electron chi connectivity index (χ2n) is 7.71. The van der Waals surface area contributed by atoms with Gasteiger partial charge in [-0.2, -0.15) is 0 Å². The lowest BCUT2D eigenvalue weighted by molar-refractivity contribution is -0.147. The first kappa shape index (κ1) is 20.4. The third-order valence-corrected chi connectivity index (χ3v) is 6.66. The van der Waals surface area contributed by atoms with Crippen LogP contribution in [0, 0.1) is 11.8 Å². The Hall–Kier alpha value is -3.53. The van der Waals surface area contributed by atoms with Crippen LogP contribution in [0.1, 0.15) is 25.1 Å². The van der Waals surface area contributed by atoms with Crippen LogP contribution in [0.15, 0.2) is 45.1 Å². The molecule has 1 saturated heterocycles. The van der Waals surface area contributed by atoms with Gasteiger partial charge < -0.3 is 14.1 Å². The van der Waals surface area contributed by atoms with Crippen LogP contribution < -0.4 is 5.56 Å². The van der Waals surface area contributed by atoms with E-state index in [-0.39, 0.29) is 54.6 Å². The fraction of sp³-hybridized carbons (Fsp3) is 0.318. The van der Waals surface area contributed by atoms with Gasteiger partial charge in [0.05, 0.1) is 29.9 Å². The number of hydrogen-bond acceptors (Lipinski definition) is 8. The number of H-pyrrole nitrogens is 1. The predicted octanol–water partition coefficient (Wildman–Crippen LogP) is 2.63. The van der Waals surface area contributed by atoms with Crippen molar-refractivity contribution in [1.29, 1.82) is 0 Å². The van der Waals surface area contributed by atoms with Crippen LogP contribution in [0.5, 0.6) is 0 Å². The number of likely N-dealkylation sites (tertiary alicyclic amines) is 1. The first-order valence-electron chi connectivity index (χ1n) is 10.2. The molecule has 1 aliphatic heterocycles. The van der Waals surface area contributed by atoms with Gasteiger partial charge in [-0.25, -0.2) is 4.98 Å². The van der Waals surface area contributed by atoms with E-state index >= 15 is 0 Å². The number of carbonyl (C=O) groups excluding carboxylic acids is 3. The Bertz CT molecular complexity index is 1260. The fourth-order valence-corrected chi connectivity index (χ4v) is 5.14. The molecular weight excluding hydrogens is 434 g/mol. The quantitative estimate of drug-likeness (QED) is 0.346. The van der Waals surface area contributed by atoms with Crippen molar-refractivity contribution < 1.29 is 23.5 Å². The van der Waals surface area contributed by atoms with Crippen molar-refractivity contribution in [1.82, 2.24) is 14.9 Å². The number of amides is 2. The number of carbonyl (C=O) groups is 3. The molecule has 164 valence electrons. The highest BCUT2D eigenvalue weighted by Crippen LogP contribution is 2.35. The molecule has 2 aliphatic rings. The molecule has 0 radical (unpaired) electrons. The summed E-state index contributed by atoms with van der Waals surface area (Å²) in [5.41, 5.74) is 0.307. The smallest absolute Gasteiger partial charge is 0.308 e. The van der Waals surface area contributed by atoms with Gasteiger partial charge in [-0.15, -0.1) is 11.3 Å². The molecule has 10 heteroatoms. The average molecular weight is 453 g/mol. The van der Waals surface area contributed by atoms with Crippen LogP contribution in [0.4, 0.5) is 0 Å². The van der Waals surface area contributed by atoms with E-state index in [1.165, 1.54) is 17.6 Å². The van der Waals surface area contributed by atoms with E-state index in [1.807, 2.05) is 12.2 Å². The Morgan fingerprint density at radius 2 is 1.97 bits per heavy atom. The molecular formula is C22H19N3O6S. The van der Waals surface area contributed by atoms with Gasteiger partial charge in [0, 0.05) is 17.5 Å². The number of rotatable bonds is 6. The molecule has 3 aromatic heterocycles. The number of nitrogens with zero attached hydrogens (tertiary/aromatic N) is 2. The van der Waals surface area contributed by atoms with Gasteiger partial charge >= 0.3 is 5.97 Å². The van der Waals surface area contributed by atoms with Crippen molar-refractivity contribution in [2.75, 3.05) is 6.54 Å². The van der Waals surface area contributed by atoms with Crippen LogP contribution >= 0.6 is 11.3 Å². The third-order valence-electron chi connectivity index (χ3n) is 5.79. The monoisotopic (exact) mass is 453 g/mol. The number of furan rings is 1. The fourth-order valence-electron chi connectivity index (χ4n) is 4.19. The van der Waals surface area contributed by atoms with E-state index < -0.39 is 5.97 Å². The summed E-state index contributed by atoms with van der Waals surface area (Å²) in [5, 5.41) is 2.21. The summed E-state index contributed by atoms with van der Waals surface area (Å²) >= 11 is 1.29. The van der Waals surface area contributed by atoms with E-state index in [2.05, 4.69) is 9.97 Å². The molecule has 2 atom stereocenters. The topological polar surface area (TPSA) is 123 Å². The Kier molecular flexibility index (Phi) is 5.22. The zero-order chi connectivity index (χ0) is 22.2. The minimum atomic E-state index is -0.580. The highest BCUT2D eigenvalue weighted by atomic mass is 32.1. The molecule has 0 bridgehead atoms. The highest BCUT2D eigenvalue weighted by molar-refractivity contribution is 7.17. The molecule has 2 amide bonds. The van der Waals surface area contributed by atoms with E-state index in [4.69, 9.17) is 9.15 Å². The van der Waals surface area contributed by atoms with E-state index in [1.54, 1.807) is 17.5 Å². The maximum Gasteiger partial charge on any atom is 0.308 e. The van der Waals surface area contributed by atoms with Crippen molar-refractivity contribution in [3.63, 3.8) is 0 Å². The van der Waals surface area contributed by atoms with Crippen LogP contribution in [-0.2, 0) is 25.7 Å². The van der Waals surface area contributed by atoms with E-state index in [0.717, 1.165) is 4.90 Å². The van der Waals surface area contributed by atoms with Gasteiger partial charge in [-0.1, -0.05) is 12.2 Å². The molecule has 1 aliphatic carbocycles. The molecule has 1 fully saturated rings. The summed E-state index contributed by atoms with van der Waals surface area (Å²) in [6, 6.07) is 3.50. The van der Waals surface area contributed by atoms with Gasteiger partial charge in [-0.05, 0) is 25.0 Å². The second-order valence-corrected chi connectivity index (χ2v) is 8.57. The van der Waals surface area contributed by atoms with E-state index in [0.29, 0.717) is 34.4 Å². The summed E-state index contributed by atoms with van der Waals surface area (Å²) < 4.78 is 10.6. The summed E-state index contributed by atoms with van der Waals surface area (Å²) in [5.74, 6) is -0.873. The predicted molar refractivity (Wildman–Crippen MR) is 114 cm³/mol. The largest absolute Gasteiger partial charge is 0.464 e. The van der Waals surface area contributed by atoms with Crippen molar-refractivity contribution in [3.05, 3.63) is 52.1 Å². The molecule has 0 unspecified atom stereocenters. The van der Waals surface area contributed by atoms with Gasteiger partial charge in [0.15, 0.2) is 0 Å². The summed E-state index contributed by atoms with van der Waals surface area (Å²) in [6.45, 7) is -0.223. The zero-order valence-electron chi connectivity index (χ0n) is 16.9. The molecule has 5 rings (SSSR count). The summed E-state index contributed by atoms with van der Waals surface area (Å²) in [7, 11) is 0. The van der Waals surface area contributed by atoms with Gasteiger partial charge in [0.1, 0.15) is 23.0 Å². The standard InChI is InChI=1S/C22H19N3O6S/c26-17(7-8-25-21(28)12-4-1-2-5-13(12)22(25)29)31-10-16-23-19(27)18-14(11-32-20(18)24-16)15-6-3-9-30-15/h1-3,6,9,11-13H,4-5,7-8,10H2,(H,23,24,27)/t12-,13-/m1/s1. The SMILES string of the molecule is O=C(CCN1C(=O)[C@@H]2CC=CC[C@H]2C1=O)OCc1nc2scc(-c3ccco3)c2c(=O)[nH]1. The lowest BCUT2D eigenvalue weighted by atomic mass is 9.85. The maximum absolute atomic E-state index is 12.6. The number of aromatic amines is 1. The number of ether oxygens (including phenoxy) is 1. The Morgan fingerprint density at radius 3 is 2.66 bits per heavy atom. The Labute approximate surface area is 185 Å². The highest BCUT2D eigenvalue weighted by Gasteiger charge is 2.46. The van der Waals surface area contributed by atoms with Crippen LogP contribution in [-0.4, -0.2) is 39.2 Å². The first-order valence-corrected chi connectivity index (χ1v) is 11.1. The van der Waals surface area contributed by atoms with Crippen molar-refractivity contribution in [2.24, 2.45) is 11.8 Å². The number of esters is 1. The number of hydrogen-bond donors (Lipinski definition) is 1. The maximum atomic E-state index is 12.6. The molecule has 32 heavy (non-hydrogen) atoms. The van der Waals surface area contributed by atoms with Crippen LogP contribution in [0.2, 0.25) is 0 Å². The molecule has 0 saturated carbocycles. The van der Waals surface area contributed by atoms with Gasteiger partial charge in [0.2, 0.25) is 11.8 Å². The number of imide groups is 1. The van der Waals surface area contributed by atoms with Crippen LogP contribution in [0.25, 0.3) is 21.5 Å². The Balaban J connectivity index is 1.21. The molecule has 0 spiro atoms. The third kappa shape index (κ3) is 3.56. The molecule has 9 nitrogen and oxygen atoms in total. The summed E-state index contributed by atoms with van der Waals surface area (Å²) in [4.78, 5) is 58.3. The Morgan fingerprint density at radius 1 is 1.22 bits per heavy atom. The van der Waals surface area contributed by atoms with Crippen molar-refractivity contribution >= 4 is 39.3 Å². The number of nitrogens with one attached hydrogen (secondary N) is 1. The van der Waals surface area contributed by atoms with Crippen molar-refractivity contribution in [3.8, 4) is 11.3 Å². The van der Waals surface area contributed by atoms with Crippen LogP contribution in [0.3, 0.4) is 0 Å². The second kappa shape index (κ2) is 8.19. The number of allylic oxidation sites excluding steroid dienone is 2. The molecule has 4 heterocycles. The van der Waals surface area contributed by atoms with E-state index in [9.17, 15) is 19.2 Å². The molecule has 0 aromatic carbocycles. The minimum absolute atomic E-state index is 0.0100. The molecule has 1 N–H and O–H groups in total. The number of aromatic nitrogens is 2. The first-order chi connectivity index (χ1) is 15.5. The lowest BCUT2D eigenvalue weighted by Crippen LogP contribution is -2.33. The minimum Gasteiger partial charge on any atom is -0.464 e. The number of thiophene rings is 1. The van der Waals surface area contributed by atoms with Gasteiger partial charge in [-0.3, -0.25) is 24.1 Å². The average Bonchev–Trinajstić information content (AvgIpc) is 3.51. The summed E-state index contributed by atoms with van der Waals surface area (Å²) in [6.07, 6.45) is 6.37.